The van der Waals surface area contributed by atoms with Gasteiger partial charge < -0.3 is 5.32 Å². The van der Waals surface area contributed by atoms with Gasteiger partial charge in [-0.3, -0.25) is 4.79 Å². The average molecular weight is 198 g/mol. The topological polar surface area (TPSA) is 52.9 Å². The maximum atomic E-state index is 11.5. The number of amides is 1. The Morgan fingerprint density at radius 1 is 1.69 bits per heavy atom. The number of carbonyl (C=O) groups excluding carboxylic acids is 1. The minimum Gasteiger partial charge on any atom is -0.340 e. The Bertz CT molecular complexity index is 218. The Labute approximate surface area is 82.9 Å². The van der Waals surface area contributed by atoms with E-state index in [0.29, 0.717) is 0 Å². The van der Waals surface area contributed by atoms with Crippen LogP contribution >= 0.6 is 11.8 Å². The van der Waals surface area contributed by atoms with Crippen LogP contribution in [-0.2, 0) is 4.79 Å². The summed E-state index contributed by atoms with van der Waals surface area (Å²) in [6, 6.07) is 1.63. The van der Waals surface area contributed by atoms with Gasteiger partial charge in [-0.05, 0) is 25.5 Å². The number of rotatable bonds is 2. The molecule has 1 aliphatic heterocycles. The highest BCUT2D eigenvalue weighted by atomic mass is 32.2. The first-order valence-corrected chi connectivity index (χ1v) is 5.60. The summed E-state index contributed by atoms with van der Waals surface area (Å²) in [5, 5.41) is 11.3. The van der Waals surface area contributed by atoms with E-state index < -0.39 is 0 Å². The monoisotopic (exact) mass is 198 g/mol. The van der Waals surface area contributed by atoms with Gasteiger partial charge in [0.1, 0.15) is 6.04 Å². The summed E-state index contributed by atoms with van der Waals surface area (Å²) < 4.78 is 0. The highest BCUT2D eigenvalue weighted by Gasteiger charge is 2.22. The lowest BCUT2D eigenvalue weighted by Crippen LogP contribution is -2.38. The molecule has 0 aromatic rings. The molecule has 0 bridgehead atoms. The first kappa shape index (κ1) is 10.4. The van der Waals surface area contributed by atoms with Gasteiger partial charge in [-0.15, -0.1) is 11.8 Å². The molecule has 1 heterocycles. The molecule has 0 aromatic carbocycles. The van der Waals surface area contributed by atoms with Crippen LogP contribution in [0.5, 0.6) is 0 Å². The molecule has 0 spiro atoms. The van der Waals surface area contributed by atoms with Crippen molar-refractivity contribution in [1.82, 2.24) is 5.32 Å². The zero-order valence-electron chi connectivity index (χ0n) is 7.75. The van der Waals surface area contributed by atoms with Crippen LogP contribution in [-0.4, -0.2) is 23.0 Å². The molecule has 2 unspecified atom stereocenters. The summed E-state index contributed by atoms with van der Waals surface area (Å²) in [5.74, 6) is 1.10. The van der Waals surface area contributed by atoms with Crippen molar-refractivity contribution in [2.75, 3.05) is 5.75 Å². The van der Waals surface area contributed by atoms with Crippen molar-refractivity contribution in [3.8, 4) is 6.07 Å². The lowest BCUT2D eigenvalue weighted by Gasteiger charge is -2.20. The second kappa shape index (κ2) is 5.13. The van der Waals surface area contributed by atoms with Crippen molar-refractivity contribution in [3.05, 3.63) is 0 Å². The fourth-order valence-electron chi connectivity index (χ4n) is 1.29. The first-order chi connectivity index (χ1) is 6.24. The van der Waals surface area contributed by atoms with E-state index in [1.807, 2.05) is 6.07 Å². The Balaban J connectivity index is 2.34. The van der Waals surface area contributed by atoms with Crippen molar-refractivity contribution in [1.29, 1.82) is 5.26 Å². The summed E-state index contributed by atoms with van der Waals surface area (Å²) >= 11 is 1.70. The van der Waals surface area contributed by atoms with Gasteiger partial charge in [0, 0.05) is 0 Å². The minimum atomic E-state index is -0.366. The fraction of sp³-hybridized carbons (Fsp3) is 0.778. The van der Waals surface area contributed by atoms with Crippen molar-refractivity contribution in [2.45, 2.75) is 37.5 Å². The number of thioether (sulfide) groups is 1. The number of nitriles is 1. The van der Waals surface area contributed by atoms with Crippen LogP contribution in [0.4, 0.5) is 0 Å². The molecule has 0 radical (unpaired) electrons. The van der Waals surface area contributed by atoms with Gasteiger partial charge in [-0.25, -0.2) is 0 Å². The van der Waals surface area contributed by atoms with Crippen molar-refractivity contribution >= 4 is 17.7 Å². The van der Waals surface area contributed by atoms with E-state index in [1.165, 1.54) is 6.42 Å². The molecule has 1 rings (SSSR count). The maximum Gasteiger partial charge on any atom is 0.234 e. The molecule has 1 aliphatic rings. The highest BCUT2D eigenvalue weighted by Crippen LogP contribution is 2.24. The van der Waals surface area contributed by atoms with Crippen LogP contribution in [0, 0.1) is 11.3 Å². The summed E-state index contributed by atoms with van der Waals surface area (Å²) in [4.78, 5) is 11.5. The van der Waals surface area contributed by atoms with Crippen LogP contribution in [0.3, 0.4) is 0 Å². The molecule has 0 saturated carbocycles. The van der Waals surface area contributed by atoms with Crippen LogP contribution in [0.1, 0.15) is 26.2 Å². The van der Waals surface area contributed by atoms with Crippen molar-refractivity contribution in [3.63, 3.8) is 0 Å². The summed E-state index contributed by atoms with van der Waals surface area (Å²) in [5.41, 5.74) is 0. The molecule has 4 heteroatoms. The van der Waals surface area contributed by atoms with E-state index in [0.717, 1.165) is 18.6 Å². The Morgan fingerprint density at radius 3 is 3.00 bits per heavy atom. The first-order valence-electron chi connectivity index (χ1n) is 4.55. The van der Waals surface area contributed by atoms with Crippen LogP contribution in [0.25, 0.3) is 0 Å². The lowest BCUT2D eigenvalue weighted by atomic mass is 10.2. The van der Waals surface area contributed by atoms with E-state index in [1.54, 1.807) is 18.7 Å². The molecule has 72 valence electrons. The number of hydrogen-bond acceptors (Lipinski definition) is 3. The van der Waals surface area contributed by atoms with E-state index >= 15 is 0 Å². The van der Waals surface area contributed by atoms with Gasteiger partial charge in [0.2, 0.25) is 5.91 Å². The molecular formula is C9H14N2OS. The summed E-state index contributed by atoms with van der Waals surface area (Å²) in [6.07, 6.45) is 3.29. The maximum absolute atomic E-state index is 11.5. The lowest BCUT2D eigenvalue weighted by molar-refractivity contribution is -0.121. The van der Waals surface area contributed by atoms with Crippen molar-refractivity contribution < 1.29 is 4.79 Å². The quantitative estimate of drug-likeness (QED) is 0.727. The number of hydrogen-bond donors (Lipinski definition) is 1. The van der Waals surface area contributed by atoms with E-state index in [4.69, 9.17) is 5.26 Å². The molecule has 3 nitrogen and oxygen atoms in total. The van der Waals surface area contributed by atoms with Crippen molar-refractivity contribution in [2.24, 2.45) is 0 Å². The van der Waals surface area contributed by atoms with Gasteiger partial charge in [0.05, 0.1) is 11.3 Å². The van der Waals surface area contributed by atoms with E-state index in [9.17, 15) is 4.79 Å². The molecule has 2 atom stereocenters. The third kappa shape index (κ3) is 3.27. The van der Waals surface area contributed by atoms with Gasteiger partial charge in [0.15, 0.2) is 0 Å². The van der Waals surface area contributed by atoms with Crippen LogP contribution in [0.2, 0.25) is 0 Å². The van der Waals surface area contributed by atoms with Gasteiger partial charge in [-0.1, -0.05) is 6.42 Å². The fourth-order valence-corrected chi connectivity index (χ4v) is 2.49. The second-order valence-electron chi connectivity index (χ2n) is 3.21. The van der Waals surface area contributed by atoms with Gasteiger partial charge >= 0.3 is 0 Å². The summed E-state index contributed by atoms with van der Waals surface area (Å²) in [6.45, 7) is 1.70. The molecule has 13 heavy (non-hydrogen) atoms. The predicted molar refractivity (Wildman–Crippen MR) is 53.3 cm³/mol. The number of nitrogens with zero attached hydrogens (tertiary/aromatic N) is 1. The second-order valence-corrected chi connectivity index (χ2v) is 4.53. The standard InChI is InChI=1S/C9H14N2OS/c1-7(6-10)11-9(12)8-4-2-3-5-13-8/h7-8H,2-5H2,1H3,(H,11,12). The Morgan fingerprint density at radius 2 is 2.46 bits per heavy atom. The van der Waals surface area contributed by atoms with Crippen LogP contribution in [0.15, 0.2) is 0 Å². The molecule has 0 aromatic heterocycles. The SMILES string of the molecule is CC(C#N)NC(=O)C1CCCCS1. The number of nitrogens with one attached hydrogen (secondary N) is 1. The third-order valence-electron chi connectivity index (χ3n) is 2.02. The van der Waals surface area contributed by atoms with E-state index in [-0.39, 0.29) is 17.2 Å². The van der Waals surface area contributed by atoms with Gasteiger partial charge in [-0.2, -0.15) is 5.26 Å². The average Bonchev–Trinajstić information content (AvgIpc) is 2.19. The minimum absolute atomic E-state index is 0.0266. The Hall–Kier alpha value is -0.690. The third-order valence-corrected chi connectivity index (χ3v) is 3.40. The Kier molecular flexibility index (Phi) is 4.10. The predicted octanol–water partition coefficient (Wildman–Crippen LogP) is 1.30. The smallest absolute Gasteiger partial charge is 0.234 e. The molecule has 1 N–H and O–H groups in total. The molecule has 1 fully saturated rings. The molecule has 1 amide bonds. The highest BCUT2D eigenvalue weighted by molar-refractivity contribution is 8.00. The number of carbonyl (C=O) groups is 1. The zero-order chi connectivity index (χ0) is 9.68. The zero-order valence-corrected chi connectivity index (χ0v) is 8.56. The molecule has 0 aliphatic carbocycles. The largest absolute Gasteiger partial charge is 0.340 e. The van der Waals surface area contributed by atoms with E-state index in [2.05, 4.69) is 5.32 Å². The van der Waals surface area contributed by atoms with Crippen LogP contribution < -0.4 is 5.32 Å². The molecular weight excluding hydrogens is 184 g/mol. The van der Waals surface area contributed by atoms with Gasteiger partial charge in [0.25, 0.3) is 0 Å². The molecule has 1 saturated heterocycles. The normalized spacial score (nSPS) is 24.5. The summed E-state index contributed by atoms with van der Waals surface area (Å²) in [7, 11) is 0.